The third-order valence-electron chi connectivity index (χ3n) is 2.88. The number of hydrogen-bond acceptors (Lipinski definition) is 4. The average molecular weight is 251 g/mol. The molecule has 2 rings (SSSR count). The number of nitrogens with one attached hydrogen (secondary N) is 1. The molecule has 0 saturated heterocycles. The Labute approximate surface area is 108 Å². The van der Waals surface area contributed by atoms with Crippen molar-refractivity contribution in [2.75, 3.05) is 20.4 Å². The Hall–Kier alpha value is -1.42. The third-order valence-corrected chi connectivity index (χ3v) is 2.88. The molecule has 1 aromatic rings. The van der Waals surface area contributed by atoms with Crippen LogP contribution in [-0.2, 0) is 6.54 Å². The van der Waals surface area contributed by atoms with Gasteiger partial charge in [-0.1, -0.05) is 13.8 Å². The highest BCUT2D eigenvalue weighted by Gasteiger charge is 2.17. The van der Waals surface area contributed by atoms with Gasteiger partial charge in [0, 0.05) is 18.2 Å². The molecular formula is C14H21NO3. The summed E-state index contributed by atoms with van der Waals surface area (Å²) >= 11 is 0. The Balaban J connectivity index is 2.11. The van der Waals surface area contributed by atoms with E-state index in [4.69, 9.17) is 14.2 Å². The minimum Gasteiger partial charge on any atom is -0.493 e. The SMILES string of the molecule is CNCc1cc2c(cc1OCCC(C)C)OCO2. The summed E-state index contributed by atoms with van der Waals surface area (Å²) < 4.78 is 16.6. The molecule has 4 nitrogen and oxygen atoms in total. The van der Waals surface area contributed by atoms with Gasteiger partial charge in [-0.15, -0.1) is 0 Å². The molecule has 0 aliphatic carbocycles. The zero-order valence-electron chi connectivity index (χ0n) is 11.3. The molecule has 1 aliphatic rings. The molecule has 0 aromatic heterocycles. The number of hydrogen-bond donors (Lipinski definition) is 1. The molecular weight excluding hydrogens is 230 g/mol. The molecule has 0 fully saturated rings. The third kappa shape index (κ3) is 3.07. The predicted molar refractivity (Wildman–Crippen MR) is 70.3 cm³/mol. The summed E-state index contributed by atoms with van der Waals surface area (Å²) in [7, 11) is 1.92. The lowest BCUT2D eigenvalue weighted by Gasteiger charge is -2.13. The van der Waals surface area contributed by atoms with Crippen molar-refractivity contribution in [3.8, 4) is 17.2 Å². The van der Waals surface area contributed by atoms with Crippen molar-refractivity contribution in [2.24, 2.45) is 5.92 Å². The summed E-state index contributed by atoms with van der Waals surface area (Å²) in [5.74, 6) is 3.10. The maximum Gasteiger partial charge on any atom is 0.231 e. The van der Waals surface area contributed by atoms with Gasteiger partial charge in [0.1, 0.15) is 5.75 Å². The molecule has 1 N–H and O–H groups in total. The molecule has 0 atom stereocenters. The van der Waals surface area contributed by atoms with Crippen LogP contribution < -0.4 is 19.5 Å². The summed E-state index contributed by atoms with van der Waals surface area (Å²) in [5.41, 5.74) is 1.10. The fourth-order valence-corrected chi connectivity index (χ4v) is 1.83. The lowest BCUT2D eigenvalue weighted by Crippen LogP contribution is -2.09. The summed E-state index contributed by atoms with van der Waals surface area (Å²) in [6, 6.07) is 3.92. The average Bonchev–Trinajstić information content (AvgIpc) is 2.76. The van der Waals surface area contributed by atoms with E-state index in [0.717, 1.165) is 42.4 Å². The van der Waals surface area contributed by atoms with Gasteiger partial charge in [-0.05, 0) is 25.5 Å². The minimum atomic E-state index is 0.295. The van der Waals surface area contributed by atoms with E-state index in [1.807, 2.05) is 19.2 Å². The summed E-state index contributed by atoms with van der Waals surface area (Å²) in [5, 5.41) is 3.14. The van der Waals surface area contributed by atoms with E-state index >= 15 is 0 Å². The Morgan fingerprint density at radius 1 is 1.28 bits per heavy atom. The van der Waals surface area contributed by atoms with E-state index in [2.05, 4.69) is 19.2 Å². The van der Waals surface area contributed by atoms with E-state index in [1.54, 1.807) is 0 Å². The van der Waals surface area contributed by atoms with Crippen LogP contribution in [0.15, 0.2) is 12.1 Å². The van der Waals surface area contributed by atoms with Gasteiger partial charge in [0.2, 0.25) is 6.79 Å². The van der Waals surface area contributed by atoms with Crippen LogP contribution >= 0.6 is 0 Å². The monoisotopic (exact) mass is 251 g/mol. The maximum atomic E-state index is 5.85. The highest BCUT2D eigenvalue weighted by Crippen LogP contribution is 2.38. The van der Waals surface area contributed by atoms with Crippen molar-refractivity contribution in [3.05, 3.63) is 17.7 Å². The van der Waals surface area contributed by atoms with Gasteiger partial charge in [-0.2, -0.15) is 0 Å². The normalized spacial score (nSPS) is 13.1. The summed E-state index contributed by atoms with van der Waals surface area (Å²) in [6.45, 7) is 6.17. The zero-order valence-corrected chi connectivity index (χ0v) is 11.3. The molecule has 18 heavy (non-hydrogen) atoms. The fraction of sp³-hybridized carbons (Fsp3) is 0.571. The molecule has 0 spiro atoms. The predicted octanol–water partition coefficient (Wildman–Crippen LogP) is 2.56. The van der Waals surface area contributed by atoms with Crippen molar-refractivity contribution in [2.45, 2.75) is 26.8 Å². The van der Waals surface area contributed by atoms with Crippen molar-refractivity contribution >= 4 is 0 Å². The summed E-state index contributed by atoms with van der Waals surface area (Å²) in [6.07, 6.45) is 1.05. The quantitative estimate of drug-likeness (QED) is 0.843. The molecule has 100 valence electrons. The van der Waals surface area contributed by atoms with Crippen molar-refractivity contribution in [1.82, 2.24) is 5.32 Å². The lowest BCUT2D eigenvalue weighted by atomic mass is 10.1. The van der Waals surface area contributed by atoms with Gasteiger partial charge >= 0.3 is 0 Å². The van der Waals surface area contributed by atoms with Gasteiger partial charge in [0.15, 0.2) is 11.5 Å². The fourth-order valence-electron chi connectivity index (χ4n) is 1.83. The highest BCUT2D eigenvalue weighted by molar-refractivity contribution is 5.51. The first-order valence-corrected chi connectivity index (χ1v) is 6.40. The minimum absolute atomic E-state index is 0.295. The second-order valence-electron chi connectivity index (χ2n) is 4.87. The Bertz CT molecular complexity index is 404. The van der Waals surface area contributed by atoms with E-state index in [-0.39, 0.29) is 0 Å². The first-order valence-electron chi connectivity index (χ1n) is 6.40. The largest absolute Gasteiger partial charge is 0.493 e. The number of fused-ring (bicyclic) bond motifs is 1. The van der Waals surface area contributed by atoms with Gasteiger partial charge in [-0.3, -0.25) is 0 Å². The number of rotatable bonds is 6. The van der Waals surface area contributed by atoms with E-state index in [0.29, 0.717) is 12.7 Å². The van der Waals surface area contributed by atoms with E-state index in [9.17, 15) is 0 Å². The topological polar surface area (TPSA) is 39.7 Å². The van der Waals surface area contributed by atoms with Crippen LogP contribution in [0.4, 0.5) is 0 Å². The Morgan fingerprint density at radius 2 is 2.00 bits per heavy atom. The first kappa shape index (κ1) is 13.0. The van der Waals surface area contributed by atoms with Crippen LogP contribution in [0.25, 0.3) is 0 Å². The van der Waals surface area contributed by atoms with Crippen LogP contribution in [-0.4, -0.2) is 20.4 Å². The van der Waals surface area contributed by atoms with Crippen molar-refractivity contribution in [3.63, 3.8) is 0 Å². The maximum absolute atomic E-state index is 5.85. The Kier molecular flexibility index (Phi) is 4.31. The van der Waals surface area contributed by atoms with Gasteiger partial charge in [0.25, 0.3) is 0 Å². The molecule has 0 bridgehead atoms. The molecule has 1 aromatic carbocycles. The number of benzene rings is 1. The van der Waals surface area contributed by atoms with E-state index in [1.165, 1.54) is 0 Å². The Morgan fingerprint density at radius 3 is 2.67 bits per heavy atom. The standard InChI is InChI=1S/C14H21NO3/c1-10(2)4-5-16-12-7-14-13(17-9-18-14)6-11(12)8-15-3/h6-7,10,15H,4-5,8-9H2,1-3H3. The molecule has 0 saturated carbocycles. The van der Waals surface area contributed by atoms with Crippen LogP contribution in [0.2, 0.25) is 0 Å². The lowest BCUT2D eigenvalue weighted by molar-refractivity contribution is 0.173. The van der Waals surface area contributed by atoms with Gasteiger partial charge in [-0.25, -0.2) is 0 Å². The molecule has 4 heteroatoms. The molecule has 1 aliphatic heterocycles. The van der Waals surface area contributed by atoms with Crippen molar-refractivity contribution < 1.29 is 14.2 Å². The van der Waals surface area contributed by atoms with Crippen LogP contribution in [0.1, 0.15) is 25.8 Å². The molecule has 0 amide bonds. The van der Waals surface area contributed by atoms with Crippen LogP contribution in [0.5, 0.6) is 17.2 Å². The molecule has 1 heterocycles. The van der Waals surface area contributed by atoms with Gasteiger partial charge < -0.3 is 19.5 Å². The second-order valence-corrected chi connectivity index (χ2v) is 4.87. The highest BCUT2D eigenvalue weighted by atomic mass is 16.7. The van der Waals surface area contributed by atoms with Gasteiger partial charge in [0.05, 0.1) is 6.61 Å². The van der Waals surface area contributed by atoms with Crippen molar-refractivity contribution in [1.29, 1.82) is 0 Å². The molecule has 0 radical (unpaired) electrons. The second kappa shape index (κ2) is 5.96. The zero-order chi connectivity index (χ0) is 13.0. The number of ether oxygens (including phenoxy) is 3. The molecule has 0 unspecified atom stereocenters. The van der Waals surface area contributed by atoms with Crippen LogP contribution in [0.3, 0.4) is 0 Å². The van der Waals surface area contributed by atoms with E-state index < -0.39 is 0 Å². The first-order chi connectivity index (χ1) is 8.70. The smallest absolute Gasteiger partial charge is 0.231 e. The summed E-state index contributed by atoms with van der Waals surface area (Å²) in [4.78, 5) is 0. The van der Waals surface area contributed by atoms with Crippen LogP contribution in [0, 0.1) is 5.92 Å².